The van der Waals surface area contributed by atoms with Gasteiger partial charge in [0.25, 0.3) is 17.3 Å². The van der Waals surface area contributed by atoms with Gasteiger partial charge in [0.2, 0.25) is 17.3 Å². The van der Waals surface area contributed by atoms with E-state index in [-0.39, 0.29) is 17.4 Å². The van der Waals surface area contributed by atoms with E-state index < -0.39 is 89.9 Å². The quantitative estimate of drug-likeness (QED) is 0.182. The van der Waals surface area contributed by atoms with Crippen LogP contribution < -0.4 is 0 Å². The summed E-state index contributed by atoms with van der Waals surface area (Å²) in [5.41, 5.74) is 0. The van der Waals surface area contributed by atoms with Crippen LogP contribution in [0.4, 0.5) is 79.0 Å². The van der Waals surface area contributed by atoms with Crippen molar-refractivity contribution in [3.8, 4) is 0 Å². The van der Waals surface area contributed by atoms with Crippen molar-refractivity contribution in [2.24, 2.45) is 0 Å². The van der Waals surface area contributed by atoms with Gasteiger partial charge >= 0.3 is 37.1 Å². The van der Waals surface area contributed by atoms with Gasteiger partial charge in [0, 0.05) is 35.6 Å². The monoisotopic (exact) mass is 676 g/mol. The van der Waals surface area contributed by atoms with Crippen molar-refractivity contribution in [3.05, 3.63) is 35.5 Å². The second-order valence-electron chi connectivity index (χ2n) is 5.67. The van der Waals surface area contributed by atoms with E-state index in [1.807, 2.05) is 0 Å². The van der Waals surface area contributed by atoms with E-state index in [0.29, 0.717) is 0 Å². The van der Waals surface area contributed by atoms with Gasteiger partial charge in [-0.3, -0.25) is 14.4 Å². The van der Waals surface area contributed by atoms with Gasteiger partial charge in [0.15, 0.2) is 0 Å². The predicted octanol–water partition coefficient (Wildman–Crippen LogP) is 6.36. The number of allylic oxidation sites excluding steroid dienone is 6. The number of hydrogen-bond donors (Lipinski definition) is 3. The third kappa shape index (κ3) is 19.9. The van der Waals surface area contributed by atoms with Crippen LogP contribution in [0.15, 0.2) is 35.5 Å². The first kappa shape index (κ1) is 43.9. The Morgan fingerprint density at radius 2 is 0.475 bits per heavy atom. The SMILES string of the molecule is O=C(/C=C(\O)C(F)(F)F)C(F)(F)F.O=C(/C=C(\O)C(F)(F)F)C(F)(F)F.O=C(/C=C(\O)C(F)(F)F)C(F)(F)F.[Cr]. The minimum Gasteiger partial charge on any atom is -0.504 e. The van der Waals surface area contributed by atoms with Crippen LogP contribution in [0.3, 0.4) is 0 Å². The van der Waals surface area contributed by atoms with Crippen LogP contribution in [0, 0.1) is 0 Å². The largest absolute Gasteiger partial charge is 0.504 e. The third-order valence-electron chi connectivity index (χ3n) is 2.51. The molecule has 0 aromatic carbocycles. The molecule has 0 aliphatic heterocycles. The molecule has 0 atom stereocenters. The first-order valence-corrected chi connectivity index (χ1v) is 7.92. The van der Waals surface area contributed by atoms with Crippen LogP contribution in [-0.2, 0) is 31.7 Å². The number of aliphatic hydroxyl groups excluding tert-OH is 3. The van der Waals surface area contributed by atoms with Crippen LogP contribution in [0.2, 0.25) is 0 Å². The molecular weight excluding hydrogens is 670 g/mol. The number of carbonyl (C=O) groups excluding carboxylic acids is 3. The summed E-state index contributed by atoms with van der Waals surface area (Å²) in [7, 11) is 0. The van der Waals surface area contributed by atoms with Crippen molar-refractivity contribution in [2.45, 2.75) is 37.1 Å². The topological polar surface area (TPSA) is 112 Å². The molecule has 0 amide bonds. The molecule has 0 fully saturated rings. The molecule has 0 radical (unpaired) electrons. The maximum absolute atomic E-state index is 11.4. The fourth-order valence-electron chi connectivity index (χ4n) is 0.864. The predicted molar refractivity (Wildman–Crippen MR) is 83.5 cm³/mol. The zero-order chi connectivity index (χ0) is 32.6. The Morgan fingerprint density at radius 1 is 0.350 bits per heavy atom. The minimum absolute atomic E-state index is 0. The molecule has 6 nitrogen and oxygen atoms in total. The summed E-state index contributed by atoms with van der Waals surface area (Å²) in [6.45, 7) is 0. The van der Waals surface area contributed by atoms with Crippen LogP contribution >= 0.6 is 0 Å². The fraction of sp³-hybridized carbons (Fsp3) is 0.400. The Labute approximate surface area is 217 Å². The van der Waals surface area contributed by atoms with E-state index in [2.05, 4.69) is 0 Å². The van der Waals surface area contributed by atoms with Crippen molar-refractivity contribution in [2.75, 3.05) is 0 Å². The van der Waals surface area contributed by atoms with Crippen molar-refractivity contribution in [1.29, 1.82) is 0 Å². The molecule has 0 aliphatic rings. The normalized spacial score (nSPS) is 14.1. The van der Waals surface area contributed by atoms with Gasteiger partial charge in [0.05, 0.1) is 0 Å². The molecule has 0 saturated carbocycles. The molecule has 3 N–H and O–H groups in total. The molecule has 0 saturated heterocycles. The molecule has 0 unspecified atom stereocenters. The molecule has 0 rings (SSSR count). The zero-order valence-corrected chi connectivity index (χ0v) is 18.8. The minimum atomic E-state index is -5.42. The molecule has 0 spiro atoms. The van der Waals surface area contributed by atoms with E-state index in [1.54, 1.807) is 0 Å². The number of aliphatic hydroxyl groups is 3. The van der Waals surface area contributed by atoms with Crippen LogP contribution in [0.1, 0.15) is 0 Å². The van der Waals surface area contributed by atoms with Gasteiger partial charge in [-0.05, 0) is 0 Å². The number of hydrogen-bond acceptors (Lipinski definition) is 6. The van der Waals surface area contributed by atoms with Crippen LogP contribution in [0.5, 0.6) is 0 Å². The molecular formula is C15H6CrF18O6. The average Bonchev–Trinajstić information content (AvgIpc) is 2.64. The van der Waals surface area contributed by atoms with Crippen LogP contribution in [0.25, 0.3) is 0 Å². The first-order chi connectivity index (χ1) is 16.6. The Morgan fingerprint density at radius 3 is 0.550 bits per heavy atom. The van der Waals surface area contributed by atoms with Crippen LogP contribution in [-0.4, -0.2) is 69.7 Å². The Kier molecular flexibility index (Phi) is 16.5. The summed E-state index contributed by atoms with van der Waals surface area (Å²) in [4.78, 5) is 29.6. The molecule has 0 aromatic rings. The van der Waals surface area contributed by atoms with Crippen molar-refractivity contribution >= 4 is 17.3 Å². The number of carbonyl (C=O) groups is 3. The number of ketones is 3. The van der Waals surface area contributed by atoms with E-state index in [4.69, 9.17) is 15.3 Å². The summed E-state index contributed by atoms with van der Waals surface area (Å²) in [6, 6.07) is 0. The molecule has 25 heteroatoms. The number of alkyl halides is 18. The van der Waals surface area contributed by atoms with E-state index in [9.17, 15) is 93.4 Å². The molecule has 0 aromatic heterocycles. The van der Waals surface area contributed by atoms with Gasteiger partial charge in [-0.15, -0.1) is 0 Å². The third-order valence-corrected chi connectivity index (χ3v) is 2.51. The van der Waals surface area contributed by atoms with Crippen molar-refractivity contribution in [1.82, 2.24) is 0 Å². The second-order valence-corrected chi connectivity index (χ2v) is 5.67. The number of halogens is 18. The molecule has 0 aliphatic carbocycles. The first-order valence-electron chi connectivity index (χ1n) is 7.92. The Balaban J connectivity index is -0.000000240. The van der Waals surface area contributed by atoms with Gasteiger partial charge in [0.1, 0.15) is 0 Å². The maximum Gasteiger partial charge on any atom is 0.454 e. The summed E-state index contributed by atoms with van der Waals surface area (Å²) in [6.07, 6.45) is -35.0. The summed E-state index contributed by atoms with van der Waals surface area (Å²) in [5.74, 6) is -16.0. The van der Waals surface area contributed by atoms with Gasteiger partial charge in [-0.1, -0.05) is 0 Å². The average molecular weight is 676 g/mol. The Hall–Kier alpha value is -3.10. The molecule has 40 heavy (non-hydrogen) atoms. The zero-order valence-electron chi connectivity index (χ0n) is 17.5. The fourth-order valence-corrected chi connectivity index (χ4v) is 0.864. The summed E-state index contributed by atoms with van der Waals surface area (Å²) < 4.78 is 204. The van der Waals surface area contributed by atoms with E-state index in [0.717, 1.165) is 0 Å². The van der Waals surface area contributed by atoms with Crippen molar-refractivity contribution < 1.29 is 126 Å². The van der Waals surface area contributed by atoms with Gasteiger partial charge in [-0.2, -0.15) is 79.0 Å². The standard InChI is InChI=1S/3C5H2F6O2.Cr/c3*6-4(7,8)2(12)1-3(13)5(9,10)11;/h3*1,12H;/b3*2-1-;. The summed E-state index contributed by atoms with van der Waals surface area (Å²) >= 11 is 0. The van der Waals surface area contributed by atoms with Gasteiger partial charge in [-0.25, -0.2) is 0 Å². The molecule has 0 bridgehead atoms. The number of rotatable bonds is 3. The van der Waals surface area contributed by atoms with Crippen molar-refractivity contribution in [3.63, 3.8) is 0 Å². The van der Waals surface area contributed by atoms with E-state index in [1.165, 1.54) is 0 Å². The second kappa shape index (κ2) is 15.1. The smallest absolute Gasteiger partial charge is 0.454 e. The Bertz CT molecular complexity index is 834. The van der Waals surface area contributed by atoms with Gasteiger partial charge < -0.3 is 15.3 Å². The van der Waals surface area contributed by atoms with E-state index >= 15 is 0 Å². The maximum atomic E-state index is 11.4. The summed E-state index contributed by atoms with van der Waals surface area (Å²) in [5, 5.41) is 23.8. The molecule has 0 heterocycles. The molecule has 234 valence electrons.